The Balaban J connectivity index is 3.35. The van der Waals surface area contributed by atoms with E-state index in [0.717, 1.165) is 11.1 Å². The second-order valence-corrected chi connectivity index (χ2v) is 4.21. The van der Waals surface area contributed by atoms with E-state index in [0.29, 0.717) is 30.3 Å². The lowest BCUT2D eigenvalue weighted by molar-refractivity contribution is 0.0595. The Morgan fingerprint density at radius 3 is 2.35 bits per heavy atom. The highest BCUT2D eigenvalue weighted by atomic mass is 16.5. The number of methoxy groups -OCH3 is 1. The molecule has 0 aliphatic carbocycles. The van der Waals surface area contributed by atoms with Crippen molar-refractivity contribution in [3.63, 3.8) is 0 Å². The topological polar surface area (TPSA) is 44.8 Å². The number of esters is 1. The fourth-order valence-electron chi connectivity index (χ4n) is 1.83. The van der Waals surface area contributed by atoms with Crippen molar-refractivity contribution in [1.29, 1.82) is 0 Å². The zero-order valence-corrected chi connectivity index (χ0v) is 12.2. The van der Waals surface area contributed by atoms with Crippen molar-refractivity contribution in [1.82, 2.24) is 0 Å². The highest BCUT2D eigenvalue weighted by Crippen LogP contribution is 2.35. The summed E-state index contributed by atoms with van der Waals surface area (Å²) >= 11 is 0. The maximum absolute atomic E-state index is 11.9. The monoisotopic (exact) mass is 276 g/mol. The number of ether oxygens (including phenoxy) is 3. The van der Waals surface area contributed by atoms with Crippen molar-refractivity contribution >= 4 is 5.97 Å². The molecule has 20 heavy (non-hydrogen) atoms. The minimum absolute atomic E-state index is 0.301. The van der Waals surface area contributed by atoms with Gasteiger partial charge in [-0.3, -0.25) is 0 Å². The van der Waals surface area contributed by atoms with Crippen LogP contribution in [-0.4, -0.2) is 26.3 Å². The molecule has 0 saturated heterocycles. The number of aryl methyl sites for hydroxylation is 1. The minimum Gasteiger partial charge on any atom is -0.489 e. The predicted molar refractivity (Wildman–Crippen MR) is 78.6 cm³/mol. The molecule has 0 spiro atoms. The van der Waals surface area contributed by atoms with Crippen LogP contribution in [0.4, 0.5) is 0 Å². The van der Waals surface area contributed by atoms with E-state index >= 15 is 0 Å². The van der Waals surface area contributed by atoms with Crippen LogP contribution in [0.2, 0.25) is 0 Å². The zero-order chi connectivity index (χ0) is 15.1. The van der Waals surface area contributed by atoms with Crippen LogP contribution in [0.1, 0.15) is 21.5 Å². The van der Waals surface area contributed by atoms with Crippen LogP contribution in [0, 0.1) is 13.8 Å². The molecule has 0 aliphatic heterocycles. The summed E-state index contributed by atoms with van der Waals surface area (Å²) in [7, 11) is 1.34. The van der Waals surface area contributed by atoms with Crippen LogP contribution in [0.5, 0.6) is 11.5 Å². The molecule has 108 valence electrons. The van der Waals surface area contributed by atoms with Gasteiger partial charge in [-0.2, -0.15) is 0 Å². The molecule has 0 aliphatic rings. The Kier molecular flexibility index (Phi) is 5.84. The summed E-state index contributed by atoms with van der Waals surface area (Å²) in [6.45, 7) is 11.6. The molecule has 0 bridgehead atoms. The molecule has 0 heterocycles. The number of benzene rings is 1. The summed E-state index contributed by atoms with van der Waals surface area (Å²) in [6.07, 6.45) is 3.28. The van der Waals surface area contributed by atoms with Gasteiger partial charge in [0.25, 0.3) is 0 Å². The van der Waals surface area contributed by atoms with Crippen LogP contribution in [0.25, 0.3) is 0 Å². The molecule has 0 unspecified atom stereocenters. The molecular weight excluding hydrogens is 256 g/mol. The van der Waals surface area contributed by atoms with Crippen LogP contribution in [0.15, 0.2) is 31.4 Å². The average Bonchev–Trinajstić information content (AvgIpc) is 2.45. The molecule has 1 aromatic carbocycles. The van der Waals surface area contributed by atoms with Gasteiger partial charge in [0.15, 0.2) is 0 Å². The first-order valence-electron chi connectivity index (χ1n) is 6.26. The van der Waals surface area contributed by atoms with Crippen molar-refractivity contribution in [2.24, 2.45) is 0 Å². The van der Waals surface area contributed by atoms with E-state index in [1.807, 2.05) is 13.8 Å². The molecule has 0 radical (unpaired) electrons. The maximum Gasteiger partial charge on any atom is 0.341 e. The highest BCUT2D eigenvalue weighted by molar-refractivity contribution is 5.95. The summed E-state index contributed by atoms with van der Waals surface area (Å²) in [4.78, 5) is 11.9. The third kappa shape index (κ3) is 3.41. The molecular formula is C16H20O4. The van der Waals surface area contributed by atoms with E-state index in [-0.39, 0.29) is 0 Å². The van der Waals surface area contributed by atoms with Crippen molar-refractivity contribution in [3.8, 4) is 11.5 Å². The lowest BCUT2D eigenvalue weighted by atomic mass is 10.0. The summed E-state index contributed by atoms with van der Waals surface area (Å²) in [5.41, 5.74) is 1.90. The molecule has 0 atom stereocenters. The van der Waals surface area contributed by atoms with Crippen molar-refractivity contribution in [3.05, 3.63) is 48.1 Å². The van der Waals surface area contributed by atoms with Gasteiger partial charge in [-0.05, 0) is 25.5 Å². The van der Waals surface area contributed by atoms with E-state index < -0.39 is 5.97 Å². The normalized spacial score (nSPS) is 9.75. The Hall–Kier alpha value is -2.23. The Labute approximate surface area is 119 Å². The van der Waals surface area contributed by atoms with Crippen molar-refractivity contribution in [2.75, 3.05) is 20.3 Å². The van der Waals surface area contributed by atoms with Crippen molar-refractivity contribution < 1.29 is 19.0 Å². The van der Waals surface area contributed by atoms with Crippen LogP contribution >= 0.6 is 0 Å². The predicted octanol–water partition coefficient (Wildman–Crippen LogP) is 3.22. The van der Waals surface area contributed by atoms with Crippen LogP contribution in [0.3, 0.4) is 0 Å². The third-order valence-electron chi connectivity index (χ3n) is 2.77. The first-order chi connectivity index (χ1) is 9.56. The summed E-state index contributed by atoms with van der Waals surface area (Å²) in [5, 5.41) is 0. The third-order valence-corrected chi connectivity index (χ3v) is 2.77. The van der Waals surface area contributed by atoms with Gasteiger partial charge in [0.1, 0.15) is 30.3 Å². The van der Waals surface area contributed by atoms with E-state index in [9.17, 15) is 4.79 Å². The lowest BCUT2D eigenvalue weighted by Crippen LogP contribution is -2.11. The molecule has 0 fully saturated rings. The minimum atomic E-state index is -0.431. The number of hydrogen-bond donors (Lipinski definition) is 0. The Morgan fingerprint density at radius 1 is 1.20 bits per heavy atom. The number of carbonyl (C=O) groups excluding carboxylic acids is 1. The fourth-order valence-corrected chi connectivity index (χ4v) is 1.83. The van der Waals surface area contributed by atoms with Crippen LogP contribution in [-0.2, 0) is 4.74 Å². The zero-order valence-electron chi connectivity index (χ0n) is 12.2. The molecule has 0 N–H and O–H groups in total. The molecule has 0 saturated carbocycles. The smallest absolute Gasteiger partial charge is 0.341 e. The Morgan fingerprint density at radius 2 is 1.80 bits per heavy atom. The lowest BCUT2D eigenvalue weighted by Gasteiger charge is -2.17. The first kappa shape index (κ1) is 15.8. The van der Waals surface area contributed by atoms with Gasteiger partial charge in [0.2, 0.25) is 0 Å². The number of rotatable bonds is 7. The van der Waals surface area contributed by atoms with E-state index in [1.165, 1.54) is 7.11 Å². The van der Waals surface area contributed by atoms with Gasteiger partial charge >= 0.3 is 5.97 Å². The molecule has 4 nitrogen and oxygen atoms in total. The van der Waals surface area contributed by atoms with Gasteiger partial charge in [-0.15, -0.1) is 0 Å². The van der Waals surface area contributed by atoms with Crippen molar-refractivity contribution in [2.45, 2.75) is 13.8 Å². The fraction of sp³-hybridized carbons (Fsp3) is 0.312. The SMILES string of the molecule is C=CCOc1cc(C)c(C(=O)OC)c(OCC=C)c1C. The molecule has 0 aromatic heterocycles. The average molecular weight is 276 g/mol. The van der Waals surface area contributed by atoms with E-state index in [2.05, 4.69) is 13.2 Å². The second kappa shape index (κ2) is 7.38. The summed E-state index contributed by atoms with van der Waals surface area (Å²) in [6, 6.07) is 1.80. The van der Waals surface area contributed by atoms with Gasteiger partial charge in [0.05, 0.1) is 7.11 Å². The molecule has 4 heteroatoms. The maximum atomic E-state index is 11.9. The quantitative estimate of drug-likeness (QED) is 0.566. The van der Waals surface area contributed by atoms with Gasteiger partial charge in [-0.25, -0.2) is 4.79 Å². The van der Waals surface area contributed by atoms with E-state index in [4.69, 9.17) is 14.2 Å². The first-order valence-corrected chi connectivity index (χ1v) is 6.26. The largest absolute Gasteiger partial charge is 0.489 e. The van der Waals surface area contributed by atoms with E-state index in [1.54, 1.807) is 18.2 Å². The van der Waals surface area contributed by atoms with Gasteiger partial charge in [0, 0.05) is 5.56 Å². The summed E-state index contributed by atoms with van der Waals surface area (Å²) < 4.78 is 16.0. The van der Waals surface area contributed by atoms with Gasteiger partial charge < -0.3 is 14.2 Å². The Bertz CT molecular complexity index is 518. The standard InChI is InChI=1S/C16H20O4/c1-6-8-19-13-10-11(3)14(16(17)18-5)15(12(13)4)20-9-7-2/h6-7,10H,1-2,8-9H2,3-5H3. The summed E-state index contributed by atoms with van der Waals surface area (Å²) in [5.74, 6) is 0.699. The second-order valence-electron chi connectivity index (χ2n) is 4.21. The molecule has 1 aromatic rings. The number of hydrogen-bond acceptors (Lipinski definition) is 4. The molecule has 0 amide bonds. The highest BCUT2D eigenvalue weighted by Gasteiger charge is 2.21. The van der Waals surface area contributed by atoms with Crippen LogP contribution < -0.4 is 9.47 Å². The number of carbonyl (C=O) groups is 1. The molecule has 1 rings (SSSR count). The van der Waals surface area contributed by atoms with Gasteiger partial charge in [-0.1, -0.05) is 25.3 Å².